The van der Waals surface area contributed by atoms with Crippen LogP contribution >= 0.6 is 11.3 Å². The maximum Gasteiger partial charge on any atom is 0.301 e. The first kappa shape index (κ1) is 29.1. The molecule has 2 heterocycles. The molecule has 6 rings (SSSR count). The van der Waals surface area contributed by atoms with Crippen molar-refractivity contribution in [1.29, 1.82) is 0 Å². The number of thiazole rings is 1. The summed E-state index contributed by atoms with van der Waals surface area (Å²) in [5.41, 5.74) is 6.60. The van der Waals surface area contributed by atoms with E-state index < -0.39 is 17.7 Å². The minimum Gasteiger partial charge on any atom is -0.507 e. The predicted molar refractivity (Wildman–Crippen MR) is 174 cm³/mol. The van der Waals surface area contributed by atoms with Gasteiger partial charge in [0.1, 0.15) is 12.4 Å². The average Bonchev–Trinajstić information content (AvgIpc) is 3.55. The highest BCUT2D eigenvalue weighted by Gasteiger charge is 2.48. The van der Waals surface area contributed by atoms with E-state index in [2.05, 4.69) is 0 Å². The third-order valence-electron chi connectivity index (χ3n) is 7.86. The van der Waals surface area contributed by atoms with Gasteiger partial charge in [-0.15, -0.1) is 0 Å². The van der Waals surface area contributed by atoms with Crippen molar-refractivity contribution in [1.82, 2.24) is 4.98 Å². The molecule has 0 spiro atoms. The number of aliphatic hydroxyl groups excluding tert-OH is 1. The van der Waals surface area contributed by atoms with Crippen molar-refractivity contribution in [3.8, 4) is 11.5 Å². The lowest BCUT2D eigenvalue weighted by Crippen LogP contribution is -2.29. The van der Waals surface area contributed by atoms with Gasteiger partial charge in [-0.3, -0.25) is 14.5 Å². The van der Waals surface area contributed by atoms with Crippen molar-refractivity contribution in [3.63, 3.8) is 0 Å². The lowest BCUT2D eigenvalue weighted by atomic mass is 9.93. The number of benzene rings is 4. The van der Waals surface area contributed by atoms with Crippen LogP contribution in [0.25, 0.3) is 16.0 Å². The summed E-state index contributed by atoms with van der Waals surface area (Å²) in [6, 6.07) is 23.9. The summed E-state index contributed by atoms with van der Waals surface area (Å²) >= 11 is 1.34. The van der Waals surface area contributed by atoms with E-state index in [1.807, 2.05) is 88.4 Å². The van der Waals surface area contributed by atoms with Gasteiger partial charge in [-0.25, -0.2) is 4.98 Å². The molecule has 1 amide bonds. The highest BCUT2D eigenvalue weighted by Crippen LogP contribution is 2.46. The van der Waals surface area contributed by atoms with Gasteiger partial charge in [0.15, 0.2) is 16.6 Å². The molecule has 8 heteroatoms. The number of ether oxygens (including phenoxy) is 2. The number of anilines is 1. The lowest BCUT2D eigenvalue weighted by Gasteiger charge is -2.24. The van der Waals surface area contributed by atoms with Gasteiger partial charge in [-0.05, 0) is 79.8 Å². The van der Waals surface area contributed by atoms with E-state index in [-0.39, 0.29) is 11.3 Å². The van der Waals surface area contributed by atoms with Crippen molar-refractivity contribution in [2.45, 2.75) is 40.3 Å². The number of fused-ring (bicyclic) bond motifs is 1. The summed E-state index contributed by atoms with van der Waals surface area (Å²) in [6.07, 6.45) is 0. The number of methoxy groups -OCH3 is 1. The molecule has 1 atom stereocenters. The van der Waals surface area contributed by atoms with E-state index in [9.17, 15) is 14.7 Å². The number of amides is 1. The number of hydrogen-bond donors (Lipinski definition) is 1. The number of aryl methyl sites for hydroxylation is 4. The number of nitrogens with zero attached hydrogens (tertiary/aromatic N) is 2. The summed E-state index contributed by atoms with van der Waals surface area (Å²) in [7, 11) is 1.54. The van der Waals surface area contributed by atoms with Crippen LogP contribution in [0.2, 0.25) is 0 Å². The molecule has 0 radical (unpaired) electrons. The maximum absolute atomic E-state index is 13.8. The van der Waals surface area contributed by atoms with Crippen molar-refractivity contribution in [3.05, 3.63) is 123 Å². The Morgan fingerprint density at radius 3 is 2.41 bits per heavy atom. The Balaban J connectivity index is 1.51. The summed E-state index contributed by atoms with van der Waals surface area (Å²) < 4.78 is 12.7. The minimum absolute atomic E-state index is 0.00383. The third kappa shape index (κ3) is 5.22. The van der Waals surface area contributed by atoms with E-state index in [1.54, 1.807) is 25.3 Å². The largest absolute Gasteiger partial charge is 0.507 e. The molecule has 0 aliphatic carbocycles. The predicted octanol–water partition coefficient (Wildman–Crippen LogP) is 7.74. The number of aromatic nitrogens is 1. The monoisotopic (exact) mass is 604 g/mol. The number of carbonyl (C=O) groups excluding carboxylic acids is 2. The SMILES string of the molecule is COc1cc(C2/C(=C(\O)c3cc(C)ccc3C)C(=O)C(=O)N2c2nc3c(C)cc(C)cc3s2)ccc1OCc1ccccc1. The van der Waals surface area contributed by atoms with Crippen LogP contribution < -0.4 is 14.4 Å². The van der Waals surface area contributed by atoms with Crippen LogP contribution in [0.3, 0.4) is 0 Å². The molecule has 0 saturated carbocycles. The van der Waals surface area contributed by atoms with Crippen LogP contribution in [0.15, 0.2) is 84.4 Å². The minimum atomic E-state index is -0.950. The molecule has 1 fully saturated rings. The van der Waals surface area contributed by atoms with Crippen molar-refractivity contribution >= 4 is 44.1 Å². The molecule has 44 heavy (non-hydrogen) atoms. The number of carbonyl (C=O) groups is 2. The summed E-state index contributed by atoms with van der Waals surface area (Å²) in [5, 5.41) is 12.1. The van der Waals surface area contributed by atoms with E-state index in [0.717, 1.165) is 38.0 Å². The lowest BCUT2D eigenvalue weighted by molar-refractivity contribution is -0.132. The zero-order chi connectivity index (χ0) is 31.1. The molecule has 1 aliphatic rings. The van der Waals surface area contributed by atoms with Crippen molar-refractivity contribution < 1.29 is 24.2 Å². The summed E-state index contributed by atoms with van der Waals surface area (Å²) in [6.45, 7) is 8.10. The highest BCUT2D eigenvalue weighted by atomic mass is 32.1. The number of aliphatic hydroxyl groups is 1. The first-order valence-corrected chi connectivity index (χ1v) is 15.1. The van der Waals surface area contributed by atoms with Crippen LogP contribution in [-0.2, 0) is 16.2 Å². The molecular weight excluding hydrogens is 572 g/mol. The number of ketones is 1. The molecule has 1 N–H and O–H groups in total. The molecule has 5 aromatic rings. The zero-order valence-electron chi connectivity index (χ0n) is 25.2. The van der Waals surface area contributed by atoms with E-state index >= 15 is 0 Å². The topological polar surface area (TPSA) is 89.0 Å². The number of Topliss-reactive ketones (excluding diaryl/α,β-unsaturated/α-hetero) is 1. The van der Waals surface area contributed by atoms with Crippen LogP contribution in [0, 0.1) is 27.7 Å². The number of rotatable bonds is 7. The second kappa shape index (κ2) is 11.6. The Hall–Kier alpha value is -4.95. The summed E-state index contributed by atoms with van der Waals surface area (Å²) in [4.78, 5) is 33.9. The van der Waals surface area contributed by atoms with Crippen LogP contribution in [-0.4, -0.2) is 28.9 Å². The molecule has 0 bridgehead atoms. The first-order valence-electron chi connectivity index (χ1n) is 14.3. The fourth-order valence-corrected chi connectivity index (χ4v) is 6.82. The highest BCUT2D eigenvalue weighted by molar-refractivity contribution is 7.22. The zero-order valence-corrected chi connectivity index (χ0v) is 26.0. The molecule has 222 valence electrons. The Morgan fingerprint density at radius 2 is 1.66 bits per heavy atom. The van der Waals surface area contributed by atoms with E-state index in [0.29, 0.717) is 34.4 Å². The Morgan fingerprint density at radius 1 is 0.886 bits per heavy atom. The molecule has 1 unspecified atom stereocenters. The quantitative estimate of drug-likeness (QED) is 0.116. The fourth-order valence-electron chi connectivity index (χ4n) is 5.65. The Bertz CT molecular complexity index is 1960. The maximum atomic E-state index is 13.8. The second-order valence-electron chi connectivity index (χ2n) is 11.1. The van der Waals surface area contributed by atoms with Gasteiger partial charge in [0, 0.05) is 5.56 Å². The van der Waals surface area contributed by atoms with Crippen LogP contribution in [0.4, 0.5) is 5.13 Å². The Labute approximate surface area is 260 Å². The molecular formula is C36H32N2O5S. The normalized spacial score (nSPS) is 16.1. The third-order valence-corrected chi connectivity index (χ3v) is 8.86. The van der Waals surface area contributed by atoms with Gasteiger partial charge >= 0.3 is 5.91 Å². The van der Waals surface area contributed by atoms with Crippen molar-refractivity contribution in [2.75, 3.05) is 12.0 Å². The first-order chi connectivity index (χ1) is 21.2. The molecule has 1 aliphatic heterocycles. The smallest absolute Gasteiger partial charge is 0.301 e. The van der Waals surface area contributed by atoms with Crippen LogP contribution in [0.5, 0.6) is 11.5 Å². The standard InChI is InChI=1S/C36H32N2O5S/c1-20-11-12-22(3)26(16-20)33(39)30-32(25-13-14-27(28(18-25)42-5)43-19-24-9-7-6-8-10-24)38(35(41)34(30)40)36-37-31-23(4)15-21(2)17-29(31)44-36/h6-18,32,39H,19H2,1-5H3/b33-30+. The van der Waals surface area contributed by atoms with Crippen molar-refractivity contribution in [2.24, 2.45) is 0 Å². The van der Waals surface area contributed by atoms with Gasteiger partial charge in [-0.2, -0.15) is 0 Å². The fraction of sp³-hybridized carbons (Fsp3) is 0.194. The molecule has 7 nitrogen and oxygen atoms in total. The number of hydrogen-bond acceptors (Lipinski definition) is 7. The second-order valence-corrected chi connectivity index (χ2v) is 12.1. The Kier molecular flexibility index (Phi) is 7.69. The van der Waals surface area contributed by atoms with E-state index in [4.69, 9.17) is 14.5 Å². The summed E-state index contributed by atoms with van der Waals surface area (Å²) in [5.74, 6) is -0.805. The van der Waals surface area contributed by atoms with Gasteiger partial charge < -0.3 is 14.6 Å². The van der Waals surface area contributed by atoms with Gasteiger partial charge in [0.25, 0.3) is 5.78 Å². The van der Waals surface area contributed by atoms with E-state index in [1.165, 1.54) is 16.2 Å². The molecule has 4 aromatic carbocycles. The van der Waals surface area contributed by atoms with Gasteiger partial charge in [-0.1, -0.05) is 71.5 Å². The molecule has 1 aromatic heterocycles. The van der Waals surface area contributed by atoms with Gasteiger partial charge in [0.2, 0.25) is 0 Å². The molecule has 1 saturated heterocycles. The van der Waals surface area contributed by atoms with Crippen LogP contribution in [0.1, 0.15) is 45.0 Å². The van der Waals surface area contributed by atoms with Gasteiger partial charge in [0.05, 0.1) is 28.9 Å². The average molecular weight is 605 g/mol.